The monoisotopic (exact) mass is 309 g/mol. The molecule has 0 aromatic heterocycles. The van der Waals surface area contributed by atoms with Crippen LogP contribution in [-0.4, -0.2) is 22.9 Å². The van der Waals surface area contributed by atoms with Crippen LogP contribution >= 0.6 is 0 Å². The third-order valence-corrected chi connectivity index (χ3v) is 7.75. The lowest BCUT2D eigenvalue weighted by Crippen LogP contribution is -2.27. The molecule has 0 N–H and O–H groups in total. The van der Waals surface area contributed by atoms with Crippen molar-refractivity contribution in [3.8, 4) is 0 Å². The predicted octanol–water partition coefficient (Wildman–Crippen LogP) is 4.29. The molecule has 22 heavy (non-hydrogen) atoms. The smallest absolute Gasteiger partial charge is 0.0702 e. The molecule has 1 nitrogen and oxygen atoms in total. The van der Waals surface area contributed by atoms with Crippen LogP contribution in [0.5, 0.6) is 0 Å². The van der Waals surface area contributed by atoms with Crippen molar-refractivity contribution in [3.05, 3.63) is 66.2 Å². The summed E-state index contributed by atoms with van der Waals surface area (Å²) in [7, 11) is 3.39. The molecule has 0 unspecified atom stereocenters. The van der Waals surface area contributed by atoms with Crippen LogP contribution in [0.1, 0.15) is 25.0 Å². The van der Waals surface area contributed by atoms with Gasteiger partial charge in [-0.3, -0.25) is 0 Å². The van der Waals surface area contributed by atoms with Crippen molar-refractivity contribution >= 4 is 25.2 Å². The van der Waals surface area contributed by atoms with Gasteiger partial charge >= 0.3 is 0 Å². The number of benzene rings is 2. The highest BCUT2D eigenvalue weighted by Crippen LogP contribution is 2.23. The van der Waals surface area contributed by atoms with Crippen molar-refractivity contribution in [1.29, 1.82) is 0 Å². The Morgan fingerprint density at radius 1 is 0.864 bits per heavy atom. The zero-order valence-electron chi connectivity index (χ0n) is 14.3. The standard InChI is InChI=1S/C20H27NSi/c1-6-22(7-2)20-14-10-18(11-15-20)16(3)17-8-12-19(13-9-17)21(4)5/h8-15,22H,3,6-7H2,1-2,4-5H3. The van der Waals surface area contributed by atoms with E-state index in [0.29, 0.717) is 0 Å². The molecular weight excluding hydrogens is 282 g/mol. The number of rotatable bonds is 6. The van der Waals surface area contributed by atoms with Gasteiger partial charge in [-0.25, -0.2) is 0 Å². The Balaban J connectivity index is 2.19. The zero-order valence-corrected chi connectivity index (χ0v) is 15.4. The predicted molar refractivity (Wildman–Crippen MR) is 103 cm³/mol. The molecule has 0 saturated carbocycles. The molecule has 0 radical (unpaired) electrons. The molecule has 0 atom stereocenters. The van der Waals surface area contributed by atoms with Crippen molar-refractivity contribution in [1.82, 2.24) is 0 Å². The van der Waals surface area contributed by atoms with Crippen LogP contribution in [0.4, 0.5) is 5.69 Å². The van der Waals surface area contributed by atoms with Gasteiger partial charge in [-0.05, 0) is 28.8 Å². The Hall–Kier alpha value is -1.80. The molecule has 2 rings (SSSR count). The molecule has 0 amide bonds. The summed E-state index contributed by atoms with van der Waals surface area (Å²) in [4.78, 5) is 2.11. The molecule has 0 aliphatic rings. The van der Waals surface area contributed by atoms with Gasteiger partial charge in [-0.1, -0.05) is 74.1 Å². The highest BCUT2D eigenvalue weighted by molar-refractivity contribution is 6.73. The van der Waals surface area contributed by atoms with Gasteiger partial charge in [0.2, 0.25) is 0 Å². The minimum absolute atomic E-state index is 0.730. The lowest BCUT2D eigenvalue weighted by atomic mass is 9.99. The molecule has 2 heteroatoms. The lowest BCUT2D eigenvalue weighted by molar-refractivity contribution is 1.13. The van der Waals surface area contributed by atoms with Crippen molar-refractivity contribution in [2.24, 2.45) is 0 Å². The summed E-state index contributed by atoms with van der Waals surface area (Å²) in [6.07, 6.45) is 0. The summed E-state index contributed by atoms with van der Waals surface area (Å²) in [5.41, 5.74) is 4.73. The average Bonchev–Trinajstić information content (AvgIpc) is 2.56. The number of nitrogens with zero attached hydrogens (tertiary/aromatic N) is 1. The molecular formula is C20H27NSi. The Labute approximate surface area is 136 Å². The van der Waals surface area contributed by atoms with Gasteiger partial charge in [0.1, 0.15) is 0 Å². The molecule has 0 aliphatic heterocycles. The van der Waals surface area contributed by atoms with Crippen LogP contribution in [0.15, 0.2) is 55.1 Å². The maximum Gasteiger partial charge on any atom is 0.0702 e. The van der Waals surface area contributed by atoms with E-state index in [-0.39, 0.29) is 0 Å². The number of hydrogen-bond acceptors (Lipinski definition) is 1. The second kappa shape index (κ2) is 7.46. The van der Waals surface area contributed by atoms with Crippen LogP contribution in [-0.2, 0) is 0 Å². The summed E-state index contributed by atoms with van der Waals surface area (Å²) < 4.78 is 0. The van der Waals surface area contributed by atoms with E-state index in [9.17, 15) is 0 Å². The third kappa shape index (κ3) is 3.69. The molecule has 2 aromatic carbocycles. The molecule has 0 bridgehead atoms. The van der Waals surface area contributed by atoms with Gasteiger partial charge in [-0.2, -0.15) is 0 Å². The zero-order chi connectivity index (χ0) is 16.1. The van der Waals surface area contributed by atoms with Crippen molar-refractivity contribution in [3.63, 3.8) is 0 Å². The fraction of sp³-hybridized carbons (Fsp3) is 0.300. The van der Waals surface area contributed by atoms with E-state index in [1.54, 1.807) is 5.19 Å². The third-order valence-electron chi connectivity index (χ3n) is 4.45. The Bertz CT molecular complexity index is 607. The van der Waals surface area contributed by atoms with Gasteiger partial charge < -0.3 is 4.90 Å². The van der Waals surface area contributed by atoms with Gasteiger partial charge in [0, 0.05) is 19.8 Å². The van der Waals surface area contributed by atoms with E-state index in [2.05, 4.69) is 88.0 Å². The van der Waals surface area contributed by atoms with Crippen LogP contribution in [0, 0.1) is 0 Å². The minimum Gasteiger partial charge on any atom is -0.378 e. The first-order valence-electron chi connectivity index (χ1n) is 8.13. The van der Waals surface area contributed by atoms with Crippen LogP contribution in [0.25, 0.3) is 5.57 Å². The average molecular weight is 310 g/mol. The maximum atomic E-state index is 4.28. The van der Waals surface area contributed by atoms with Crippen LogP contribution in [0.3, 0.4) is 0 Å². The second-order valence-electron chi connectivity index (χ2n) is 6.06. The largest absolute Gasteiger partial charge is 0.378 e. The SMILES string of the molecule is C=C(c1ccc(N(C)C)cc1)c1ccc([SiH](CC)CC)cc1. The Morgan fingerprint density at radius 2 is 1.32 bits per heavy atom. The van der Waals surface area contributed by atoms with Gasteiger partial charge in [0.15, 0.2) is 0 Å². The van der Waals surface area contributed by atoms with Crippen molar-refractivity contribution in [2.45, 2.75) is 25.9 Å². The van der Waals surface area contributed by atoms with E-state index >= 15 is 0 Å². The van der Waals surface area contributed by atoms with Crippen molar-refractivity contribution < 1.29 is 0 Å². The van der Waals surface area contributed by atoms with E-state index in [4.69, 9.17) is 0 Å². The molecule has 0 aliphatic carbocycles. The molecule has 2 aromatic rings. The lowest BCUT2D eigenvalue weighted by Gasteiger charge is -2.15. The fourth-order valence-corrected chi connectivity index (χ4v) is 5.10. The summed E-state index contributed by atoms with van der Waals surface area (Å²) in [5, 5.41) is 1.57. The molecule has 0 fully saturated rings. The highest BCUT2D eigenvalue weighted by atomic mass is 28.3. The molecule has 0 heterocycles. The molecule has 0 spiro atoms. The molecule has 0 saturated heterocycles. The number of anilines is 1. The Morgan fingerprint density at radius 3 is 1.73 bits per heavy atom. The fourth-order valence-electron chi connectivity index (χ4n) is 2.84. The van der Waals surface area contributed by atoms with Gasteiger partial charge in [0.25, 0.3) is 0 Å². The normalized spacial score (nSPS) is 10.8. The van der Waals surface area contributed by atoms with Crippen LogP contribution in [0.2, 0.25) is 12.1 Å². The summed E-state index contributed by atoms with van der Waals surface area (Å²) in [6.45, 7) is 8.92. The van der Waals surface area contributed by atoms with Gasteiger partial charge in [0.05, 0.1) is 8.80 Å². The maximum absolute atomic E-state index is 4.28. The topological polar surface area (TPSA) is 3.24 Å². The van der Waals surface area contributed by atoms with Crippen molar-refractivity contribution in [2.75, 3.05) is 19.0 Å². The first kappa shape index (κ1) is 16.6. The summed E-state index contributed by atoms with van der Waals surface area (Å²) in [6, 6.07) is 20.4. The quantitative estimate of drug-likeness (QED) is 0.720. The second-order valence-corrected chi connectivity index (χ2v) is 9.75. The number of hydrogen-bond donors (Lipinski definition) is 0. The Kier molecular flexibility index (Phi) is 5.61. The van der Waals surface area contributed by atoms with E-state index < -0.39 is 8.80 Å². The van der Waals surface area contributed by atoms with Crippen LogP contribution < -0.4 is 10.1 Å². The first-order chi connectivity index (χ1) is 10.6. The minimum atomic E-state index is -0.730. The highest BCUT2D eigenvalue weighted by Gasteiger charge is 2.09. The molecule has 116 valence electrons. The first-order valence-corrected chi connectivity index (χ1v) is 10.3. The van der Waals surface area contributed by atoms with E-state index in [0.717, 1.165) is 5.57 Å². The van der Waals surface area contributed by atoms with E-state index in [1.165, 1.54) is 28.9 Å². The summed E-state index contributed by atoms with van der Waals surface area (Å²) in [5.74, 6) is 0. The van der Waals surface area contributed by atoms with Gasteiger partial charge in [-0.15, -0.1) is 0 Å². The summed E-state index contributed by atoms with van der Waals surface area (Å²) >= 11 is 0. The van der Waals surface area contributed by atoms with E-state index in [1.807, 2.05) is 0 Å².